The van der Waals surface area contributed by atoms with Gasteiger partial charge in [0, 0.05) is 52.4 Å². The standard InChI is InChI=1S/C28H43N3O6S2/c1-20-17-31(21(2)19-32)28(33)24-16-23(29(4)5)12-13-25(24)37-22(3)10-7-8-14-36-26(20)18-30(6)39(34,35)27-11-9-15-38-27/h9,11-13,15-16,20-22,26,32H,7-8,10,14,17-19H2,1-6H3/t20-,21-,22-,26-/m0/s1. The number of hydrogen-bond acceptors (Lipinski definition) is 8. The van der Waals surface area contributed by atoms with E-state index in [1.807, 2.05) is 51.0 Å². The normalized spacial score (nSPS) is 22.6. The molecule has 0 radical (unpaired) electrons. The second kappa shape index (κ2) is 13.9. The Labute approximate surface area is 237 Å². The van der Waals surface area contributed by atoms with Crippen LogP contribution in [0.15, 0.2) is 39.9 Å². The van der Waals surface area contributed by atoms with Crippen LogP contribution in [0.3, 0.4) is 0 Å². The second-order valence-corrected chi connectivity index (χ2v) is 13.8. The Morgan fingerprint density at radius 3 is 2.56 bits per heavy atom. The van der Waals surface area contributed by atoms with Gasteiger partial charge in [-0.2, -0.15) is 4.31 Å². The molecule has 1 aromatic carbocycles. The van der Waals surface area contributed by atoms with Crippen molar-refractivity contribution in [3.8, 4) is 5.75 Å². The summed E-state index contributed by atoms with van der Waals surface area (Å²) in [7, 11) is 1.74. The van der Waals surface area contributed by atoms with Gasteiger partial charge in [0.25, 0.3) is 15.9 Å². The van der Waals surface area contributed by atoms with Crippen molar-refractivity contribution in [3.63, 3.8) is 0 Å². The lowest BCUT2D eigenvalue weighted by atomic mass is 10.0. The Hall–Kier alpha value is -2.18. The highest BCUT2D eigenvalue weighted by Gasteiger charge is 2.32. The van der Waals surface area contributed by atoms with Crippen molar-refractivity contribution >= 4 is 33.0 Å². The van der Waals surface area contributed by atoms with Crippen molar-refractivity contribution in [2.45, 2.75) is 62.5 Å². The second-order valence-electron chi connectivity index (χ2n) is 10.6. The average Bonchev–Trinajstić information content (AvgIpc) is 3.45. The molecule has 0 saturated carbocycles. The van der Waals surface area contributed by atoms with Crippen molar-refractivity contribution in [2.24, 2.45) is 5.92 Å². The first-order valence-electron chi connectivity index (χ1n) is 13.5. The number of thiophene rings is 1. The monoisotopic (exact) mass is 581 g/mol. The number of ether oxygens (including phenoxy) is 2. The number of hydrogen-bond donors (Lipinski definition) is 1. The number of carbonyl (C=O) groups is 1. The highest BCUT2D eigenvalue weighted by molar-refractivity contribution is 7.91. The summed E-state index contributed by atoms with van der Waals surface area (Å²) >= 11 is 1.18. The summed E-state index contributed by atoms with van der Waals surface area (Å²) in [6, 6.07) is 8.45. The molecule has 1 aliphatic heterocycles. The van der Waals surface area contributed by atoms with Gasteiger partial charge in [-0.1, -0.05) is 13.0 Å². The number of likely N-dealkylation sites (N-methyl/N-ethyl adjacent to an activating group) is 1. The van der Waals surface area contributed by atoms with E-state index in [9.17, 15) is 18.3 Å². The highest BCUT2D eigenvalue weighted by atomic mass is 32.2. The maximum atomic E-state index is 14.0. The number of fused-ring (bicyclic) bond motifs is 1. The summed E-state index contributed by atoms with van der Waals surface area (Å²) in [4.78, 5) is 17.6. The zero-order valence-corrected chi connectivity index (χ0v) is 25.5. The number of anilines is 1. The van der Waals surface area contributed by atoms with E-state index >= 15 is 0 Å². The van der Waals surface area contributed by atoms with Crippen LogP contribution in [-0.2, 0) is 14.8 Å². The first-order valence-corrected chi connectivity index (χ1v) is 15.8. The van der Waals surface area contributed by atoms with Gasteiger partial charge in [0.05, 0.1) is 30.4 Å². The quantitative estimate of drug-likeness (QED) is 0.529. The number of aliphatic hydroxyl groups excluding tert-OH is 1. The van der Waals surface area contributed by atoms with Crippen molar-refractivity contribution in [1.29, 1.82) is 0 Å². The van der Waals surface area contributed by atoms with Gasteiger partial charge in [0.1, 0.15) is 9.96 Å². The van der Waals surface area contributed by atoms with Crippen LogP contribution in [-0.4, -0.2) is 94.3 Å². The molecule has 0 saturated heterocycles. The molecule has 11 heteroatoms. The van der Waals surface area contributed by atoms with Gasteiger partial charge in [0.2, 0.25) is 0 Å². The zero-order valence-electron chi connectivity index (χ0n) is 23.9. The smallest absolute Gasteiger partial charge is 0.258 e. The zero-order chi connectivity index (χ0) is 28.7. The third kappa shape index (κ3) is 7.94. The van der Waals surface area contributed by atoms with Gasteiger partial charge >= 0.3 is 0 Å². The third-order valence-corrected chi connectivity index (χ3v) is 10.3. The highest BCUT2D eigenvalue weighted by Crippen LogP contribution is 2.29. The minimum absolute atomic E-state index is 0.106. The van der Waals surface area contributed by atoms with Gasteiger partial charge in [-0.25, -0.2) is 8.42 Å². The van der Waals surface area contributed by atoms with Crippen LogP contribution < -0.4 is 9.64 Å². The van der Waals surface area contributed by atoms with E-state index in [4.69, 9.17) is 9.47 Å². The number of benzene rings is 1. The first kappa shape index (κ1) is 31.3. The average molecular weight is 582 g/mol. The predicted molar refractivity (Wildman–Crippen MR) is 155 cm³/mol. The Kier molecular flexibility index (Phi) is 11.2. The van der Waals surface area contributed by atoms with E-state index in [1.165, 1.54) is 15.6 Å². The summed E-state index contributed by atoms with van der Waals surface area (Å²) < 4.78 is 40.4. The topological polar surface area (TPSA) is 99.6 Å². The molecule has 2 aromatic rings. The molecule has 0 unspecified atom stereocenters. The molecule has 2 heterocycles. The number of sulfonamides is 1. The van der Waals surface area contributed by atoms with Crippen LogP contribution in [0.25, 0.3) is 0 Å². The fourth-order valence-corrected chi connectivity index (χ4v) is 6.95. The predicted octanol–water partition coefficient (Wildman–Crippen LogP) is 3.93. The molecule has 9 nitrogen and oxygen atoms in total. The van der Waals surface area contributed by atoms with Gasteiger partial charge in [0.15, 0.2) is 0 Å². The van der Waals surface area contributed by atoms with E-state index < -0.39 is 22.2 Å². The van der Waals surface area contributed by atoms with E-state index in [-0.39, 0.29) is 41.8 Å². The molecule has 39 heavy (non-hydrogen) atoms. The van der Waals surface area contributed by atoms with E-state index in [0.29, 0.717) is 17.9 Å². The van der Waals surface area contributed by atoms with Crippen LogP contribution in [0.5, 0.6) is 5.75 Å². The molecule has 0 aliphatic carbocycles. The van der Waals surface area contributed by atoms with Crippen molar-refractivity contribution in [2.75, 3.05) is 52.3 Å². The fourth-order valence-electron chi connectivity index (χ4n) is 4.57. The van der Waals surface area contributed by atoms with E-state index in [1.54, 1.807) is 36.4 Å². The van der Waals surface area contributed by atoms with Crippen LogP contribution in [0.2, 0.25) is 0 Å². The van der Waals surface area contributed by atoms with Crippen molar-refractivity contribution in [1.82, 2.24) is 9.21 Å². The molecule has 1 aliphatic rings. The Morgan fingerprint density at radius 2 is 1.92 bits per heavy atom. The molecule has 0 bridgehead atoms. The lowest BCUT2D eigenvalue weighted by Gasteiger charge is -2.35. The number of aliphatic hydroxyl groups is 1. The molecule has 4 atom stereocenters. The number of nitrogens with zero attached hydrogens (tertiary/aromatic N) is 3. The third-order valence-electron chi connectivity index (χ3n) is 7.15. The van der Waals surface area contributed by atoms with Gasteiger partial charge in [-0.3, -0.25) is 4.79 Å². The lowest BCUT2D eigenvalue weighted by Crippen LogP contribution is -2.48. The van der Waals surface area contributed by atoms with E-state index in [2.05, 4.69) is 0 Å². The minimum atomic E-state index is -3.65. The number of amides is 1. The number of carbonyl (C=O) groups excluding carboxylic acids is 1. The summed E-state index contributed by atoms with van der Waals surface area (Å²) in [5.41, 5.74) is 1.30. The molecular weight excluding hydrogens is 538 g/mol. The van der Waals surface area contributed by atoms with Gasteiger partial charge < -0.3 is 24.4 Å². The van der Waals surface area contributed by atoms with Crippen LogP contribution in [0.4, 0.5) is 5.69 Å². The van der Waals surface area contributed by atoms with Crippen molar-refractivity contribution in [3.05, 3.63) is 41.3 Å². The fraction of sp³-hybridized carbons (Fsp3) is 0.607. The number of rotatable bonds is 7. The van der Waals surface area contributed by atoms with Crippen molar-refractivity contribution < 1.29 is 27.8 Å². The largest absolute Gasteiger partial charge is 0.490 e. The lowest BCUT2D eigenvalue weighted by molar-refractivity contribution is -0.00832. The van der Waals surface area contributed by atoms with E-state index in [0.717, 1.165) is 24.9 Å². The molecule has 0 fully saturated rings. The van der Waals surface area contributed by atoms with Crippen LogP contribution in [0, 0.1) is 5.92 Å². The van der Waals surface area contributed by atoms with Crippen LogP contribution >= 0.6 is 11.3 Å². The van der Waals surface area contributed by atoms with Crippen LogP contribution in [0.1, 0.15) is 50.4 Å². The maximum Gasteiger partial charge on any atom is 0.258 e. The van der Waals surface area contributed by atoms with Gasteiger partial charge in [-0.15, -0.1) is 11.3 Å². The molecular formula is C28H43N3O6S2. The summed E-state index contributed by atoms with van der Waals surface area (Å²) in [5.74, 6) is 0.0596. The Morgan fingerprint density at radius 1 is 1.18 bits per heavy atom. The Balaban J connectivity index is 1.96. The summed E-state index contributed by atoms with van der Waals surface area (Å²) in [6.45, 7) is 6.44. The SMILES string of the molecule is C[C@H]1CCCCO[C@@H](CN(C)S(=O)(=O)c2cccs2)[C@@H](C)CN([C@@H](C)CO)C(=O)c2cc(N(C)C)ccc2O1. The molecule has 1 N–H and O–H groups in total. The van der Waals surface area contributed by atoms with Gasteiger partial charge in [-0.05, 0) is 62.8 Å². The summed E-state index contributed by atoms with van der Waals surface area (Å²) in [5, 5.41) is 11.8. The molecule has 1 amide bonds. The molecule has 0 spiro atoms. The molecule has 1 aromatic heterocycles. The minimum Gasteiger partial charge on any atom is -0.490 e. The summed E-state index contributed by atoms with van der Waals surface area (Å²) in [6.07, 6.45) is 1.91. The first-order chi connectivity index (χ1) is 18.4. The molecule has 3 rings (SSSR count). The maximum absolute atomic E-state index is 14.0. The Bertz CT molecular complexity index is 1170. The molecule has 218 valence electrons.